The van der Waals surface area contributed by atoms with Crippen LogP contribution in [-0.4, -0.2) is 50.8 Å². The largest absolute Gasteiger partial charge is 0.389 e. The van der Waals surface area contributed by atoms with Crippen molar-refractivity contribution in [2.75, 3.05) is 6.61 Å². The van der Waals surface area contributed by atoms with E-state index in [-0.39, 0.29) is 18.2 Å². The number of aliphatic hydroxyl groups excluding tert-OH is 1. The molecule has 2 aromatic heterocycles. The van der Waals surface area contributed by atoms with E-state index in [1.54, 1.807) is 12.4 Å². The fourth-order valence-corrected chi connectivity index (χ4v) is 3.39. The topological polar surface area (TPSA) is 81.4 Å². The van der Waals surface area contributed by atoms with Crippen molar-refractivity contribution in [1.82, 2.24) is 19.9 Å². The molecule has 0 aliphatic carbocycles. The molecule has 5 unspecified atom stereocenters. The zero-order valence-electron chi connectivity index (χ0n) is 12.9. The Morgan fingerprint density at radius 3 is 3.09 bits per heavy atom. The minimum Gasteiger partial charge on any atom is -0.389 e. The van der Waals surface area contributed by atoms with Gasteiger partial charge >= 0.3 is 0 Å². The first-order chi connectivity index (χ1) is 11.2. The van der Waals surface area contributed by atoms with Crippen LogP contribution in [0.3, 0.4) is 0 Å². The maximum absolute atomic E-state index is 10.9. The van der Waals surface area contributed by atoms with Gasteiger partial charge in [0, 0.05) is 31.3 Å². The van der Waals surface area contributed by atoms with E-state index in [0.717, 1.165) is 11.4 Å². The Bertz CT molecular complexity index is 662. The molecule has 2 bridgehead atoms. The first-order valence-electron chi connectivity index (χ1n) is 7.81. The fraction of sp³-hybridized carbons (Fsp3) is 0.500. The van der Waals surface area contributed by atoms with Gasteiger partial charge in [-0.15, -0.1) is 0 Å². The zero-order chi connectivity index (χ0) is 15.8. The lowest BCUT2D eigenvalue weighted by molar-refractivity contribution is -0.165. The van der Waals surface area contributed by atoms with Crippen molar-refractivity contribution < 1.29 is 14.6 Å². The summed E-state index contributed by atoms with van der Waals surface area (Å²) in [5.74, 6) is 0.831. The molecule has 122 valence electrons. The molecule has 2 N–H and O–H groups in total. The van der Waals surface area contributed by atoms with Gasteiger partial charge in [0.25, 0.3) is 0 Å². The summed E-state index contributed by atoms with van der Waals surface area (Å²) in [6.07, 6.45) is 5.94. The molecule has 5 atom stereocenters. The number of rotatable bonds is 4. The van der Waals surface area contributed by atoms with Crippen LogP contribution in [0, 0.1) is 6.92 Å². The molecule has 7 heteroatoms. The number of imidazole rings is 1. The van der Waals surface area contributed by atoms with Crippen LogP contribution in [0.15, 0.2) is 36.9 Å². The normalized spacial score (nSPS) is 33.0. The number of hydrogen-bond acceptors (Lipinski definition) is 6. The molecule has 7 nitrogen and oxygen atoms in total. The molecule has 2 saturated heterocycles. The van der Waals surface area contributed by atoms with Gasteiger partial charge in [-0.05, 0) is 18.6 Å². The van der Waals surface area contributed by atoms with Crippen LogP contribution in [0.5, 0.6) is 0 Å². The van der Waals surface area contributed by atoms with Crippen LogP contribution in [0.25, 0.3) is 0 Å². The second kappa shape index (κ2) is 6.01. The molecule has 2 aromatic rings. The van der Waals surface area contributed by atoms with E-state index in [4.69, 9.17) is 9.47 Å². The number of ether oxygens (including phenoxy) is 2. The van der Waals surface area contributed by atoms with E-state index in [1.165, 1.54) is 0 Å². The van der Waals surface area contributed by atoms with E-state index in [9.17, 15) is 5.11 Å². The van der Waals surface area contributed by atoms with E-state index in [2.05, 4.69) is 15.3 Å². The Balaban J connectivity index is 1.54. The van der Waals surface area contributed by atoms with Gasteiger partial charge in [0.15, 0.2) is 6.29 Å². The Labute approximate surface area is 134 Å². The Morgan fingerprint density at radius 2 is 2.35 bits per heavy atom. The number of aliphatic hydroxyl groups is 1. The van der Waals surface area contributed by atoms with E-state index < -0.39 is 12.4 Å². The molecule has 2 fully saturated rings. The van der Waals surface area contributed by atoms with Crippen LogP contribution < -0.4 is 5.32 Å². The Kier molecular flexibility index (Phi) is 3.86. The van der Waals surface area contributed by atoms with Crippen molar-refractivity contribution in [2.45, 2.75) is 44.1 Å². The quantitative estimate of drug-likeness (QED) is 0.850. The lowest BCUT2D eigenvalue weighted by atomic mass is 9.95. The summed E-state index contributed by atoms with van der Waals surface area (Å²) in [7, 11) is 0. The fourth-order valence-electron chi connectivity index (χ4n) is 3.39. The van der Waals surface area contributed by atoms with Gasteiger partial charge in [-0.25, -0.2) is 4.98 Å². The van der Waals surface area contributed by atoms with Crippen molar-refractivity contribution in [1.29, 1.82) is 0 Å². The van der Waals surface area contributed by atoms with Gasteiger partial charge in [0.05, 0.1) is 18.8 Å². The van der Waals surface area contributed by atoms with Crippen LogP contribution in [-0.2, 0) is 16.0 Å². The third-order valence-electron chi connectivity index (χ3n) is 4.58. The minimum absolute atomic E-state index is 0.147. The lowest BCUT2D eigenvalue weighted by Crippen LogP contribution is -2.57. The monoisotopic (exact) mass is 316 g/mol. The number of pyridine rings is 1. The maximum Gasteiger partial charge on any atom is 0.181 e. The van der Waals surface area contributed by atoms with E-state index in [1.807, 2.05) is 36.0 Å². The SMILES string of the molecule is Cc1nccn1C1C2OCC(O2)C(NCc2cccnc2)C1O. The number of hydrogen-bond donors (Lipinski definition) is 2. The van der Waals surface area contributed by atoms with Crippen molar-refractivity contribution >= 4 is 0 Å². The van der Waals surface area contributed by atoms with Crippen LogP contribution in [0.4, 0.5) is 0 Å². The predicted molar refractivity (Wildman–Crippen MR) is 81.5 cm³/mol. The number of aromatic nitrogens is 3. The van der Waals surface area contributed by atoms with Gasteiger partial charge in [0.2, 0.25) is 0 Å². The molecular weight excluding hydrogens is 296 g/mol. The molecule has 23 heavy (non-hydrogen) atoms. The Morgan fingerprint density at radius 1 is 1.43 bits per heavy atom. The zero-order valence-corrected chi connectivity index (χ0v) is 12.9. The molecule has 2 aliphatic rings. The van der Waals surface area contributed by atoms with Crippen molar-refractivity contribution in [2.24, 2.45) is 0 Å². The van der Waals surface area contributed by atoms with Crippen molar-refractivity contribution in [3.05, 3.63) is 48.3 Å². The number of nitrogens with zero attached hydrogens (tertiary/aromatic N) is 3. The Hall–Kier alpha value is -1.80. The maximum atomic E-state index is 10.9. The highest BCUT2D eigenvalue weighted by Gasteiger charge is 2.50. The minimum atomic E-state index is -0.620. The molecule has 0 spiro atoms. The first-order valence-corrected chi connectivity index (χ1v) is 7.81. The van der Waals surface area contributed by atoms with Gasteiger partial charge < -0.3 is 24.5 Å². The summed E-state index contributed by atoms with van der Waals surface area (Å²) in [5, 5.41) is 14.3. The molecule has 4 rings (SSSR count). The highest BCUT2D eigenvalue weighted by molar-refractivity contribution is 5.10. The highest BCUT2D eigenvalue weighted by Crippen LogP contribution is 2.36. The number of aryl methyl sites for hydroxylation is 1. The number of nitrogens with one attached hydrogen (secondary N) is 1. The van der Waals surface area contributed by atoms with Gasteiger partial charge in [-0.1, -0.05) is 6.07 Å². The summed E-state index contributed by atoms with van der Waals surface area (Å²) in [5.41, 5.74) is 1.07. The summed E-state index contributed by atoms with van der Waals surface area (Å²) in [4.78, 5) is 8.35. The summed E-state index contributed by atoms with van der Waals surface area (Å²) < 4.78 is 13.6. The first kappa shape index (κ1) is 14.8. The van der Waals surface area contributed by atoms with Gasteiger partial charge in [-0.3, -0.25) is 4.98 Å². The molecule has 2 aliphatic heterocycles. The third-order valence-corrected chi connectivity index (χ3v) is 4.58. The van der Waals surface area contributed by atoms with E-state index in [0.29, 0.717) is 13.2 Å². The average Bonchev–Trinajstić information content (AvgIpc) is 3.17. The summed E-state index contributed by atoms with van der Waals surface area (Å²) in [6.45, 7) is 3.01. The second-order valence-electron chi connectivity index (χ2n) is 6.01. The van der Waals surface area contributed by atoms with Crippen LogP contribution >= 0.6 is 0 Å². The highest BCUT2D eigenvalue weighted by atomic mass is 16.7. The lowest BCUT2D eigenvalue weighted by Gasteiger charge is -2.39. The predicted octanol–water partition coefficient (Wildman–Crippen LogP) is 0.402. The van der Waals surface area contributed by atoms with Gasteiger partial charge in [0.1, 0.15) is 18.0 Å². The summed E-state index contributed by atoms with van der Waals surface area (Å²) in [6, 6.07) is 3.39. The molecule has 0 radical (unpaired) electrons. The smallest absolute Gasteiger partial charge is 0.181 e. The molecular formula is C16H20N4O3. The van der Waals surface area contributed by atoms with E-state index >= 15 is 0 Å². The second-order valence-corrected chi connectivity index (χ2v) is 6.01. The molecule has 4 heterocycles. The molecule has 0 aromatic carbocycles. The third kappa shape index (κ3) is 2.66. The van der Waals surface area contributed by atoms with Crippen LogP contribution in [0.1, 0.15) is 17.4 Å². The number of fused-ring (bicyclic) bond motifs is 2. The molecule has 0 saturated carbocycles. The van der Waals surface area contributed by atoms with Crippen molar-refractivity contribution in [3.63, 3.8) is 0 Å². The van der Waals surface area contributed by atoms with Crippen LogP contribution in [0.2, 0.25) is 0 Å². The molecule has 0 amide bonds. The standard InChI is InChI=1S/C16H20N4O3/c1-10-18-5-6-20(10)14-15(21)13(12-9-22-16(14)23-12)19-8-11-3-2-4-17-7-11/h2-7,12-16,19,21H,8-9H2,1H3. The van der Waals surface area contributed by atoms with Gasteiger partial charge in [-0.2, -0.15) is 0 Å². The summed E-state index contributed by atoms with van der Waals surface area (Å²) >= 11 is 0. The van der Waals surface area contributed by atoms with Crippen molar-refractivity contribution in [3.8, 4) is 0 Å². The average molecular weight is 316 g/mol.